The summed E-state index contributed by atoms with van der Waals surface area (Å²) in [4.78, 5) is 10.3. The molecule has 0 amide bonds. The maximum Gasteiger partial charge on any atom is 0.270 e. The molecule has 19 heavy (non-hydrogen) atoms. The molecule has 3 rings (SSSR count). The highest BCUT2D eigenvalue weighted by Crippen LogP contribution is 2.22. The van der Waals surface area contributed by atoms with Crippen molar-refractivity contribution in [2.75, 3.05) is 0 Å². The van der Waals surface area contributed by atoms with Crippen LogP contribution in [0.4, 0.5) is 5.69 Å². The van der Waals surface area contributed by atoms with E-state index in [-0.39, 0.29) is 5.69 Å². The molecular weight excluding hydrogens is 248 g/mol. The third kappa shape index (κ3) is 1.95. The molecule has 0 saturated heterocycles. The van der Waals surface area contributed by atoms with Gasteiger partial charge in [0.15, 0.2) is 0 Å². The number of aryl methyl sites for hydroxylation is 1. The van der Waals surface area contributed by atoms with Crippen molar-refractivity contribution in [1.82, 2.24) is 14.9 Å². The Kier molecular flexibility index (Phi) is 2.52. The van der Waals surface area contributed by atoms with Crippen molar-refractivity contribution in [2.24, 2.45) is 0 Å². The largest absolute Gasteiger partial charge is 0.341 e. The fourth-order valence-corrected chi connectivity index (χ4v) is 1.99. The first-order valence-corrected chi connectivity index (χ1v) is 5.66. The molecule has 7 nitrogen and oxygen atoms in total. The van der Waals surface area contributed by atoms with Crippen molar-refractivity contribution in [3.8, 4) is 0 Å². The Labute approximate surface area is 107 Å². The lowest BCUT2D eigenvalue weighted by molar-refractivity contribution is -0.384. The van der Waals surface area contributed by atoms with Crippen LogP contribution in [0.15, 0.2) is 35.1 Å². The van der Waals surface area contributed by atoms with Crippen LogP contribution in [0.3, 0.4) is 0 Å². The van der Waals surface area contributed by atoms with Crippen LogP contribution in [0, 0.1) is 17.0 Å². The third-order valence-corrected chi connectivity index (χ3v) is 3.03. The molecule has 1 aromatic carbocycles. The van der Waals surface area contributed by atoms with Crippen LogP contribution in [0.25, 0.3) is 10.9 Å². The number of nitro benzene ring substituents is 1. The van der Waals surface area contributed by atoms with E-state index in [0.717, 1.165) is 22.3 Å². The Bertz CT molecular complexity index is 759. The summed E-state index contributed by atoms with van der Waals surface area (Å²) in [6, 6.07) is 6.62. The van der Waals surface area contributed by atoms with E-state index >= 15 is 0 Å². The van der Waals surface area contributed by atoms with E-state index in [0.29, 0.717) is 6.54 Å². The van der Waals surface area contributed by atoms with Crippen molar-refractivity contribution in [3.63, 3.8) is 0 Å². The Balaban J connectivity index is 2.02. The molecule has 0 fully saturated rings. The van der Waals surface area contributed by atoms with Gasteiger partial charge in [-0.2, -0.15) is 0 Å². The summed E-state index contributed by atoms with van der Waals surface area (Å²) >= 11 is 0. The monoisotopic (exact) mass is 258 g/mol. The van der Waals surface area contributed by atoms with Crippen LogP contribution in [0.5, 0.6) is 0 Å². The molecule has 0 radical (unpaired) electrons. The molecule has 96 valence electrons. The molecule has 2 heterocycles. The summed E-state index contributed by atoms with van der Waals surface area (Å²) in [6.45, 7) is 2.35. The zero-order chi connectivity index (χ0) is 13.4. The van der Waals surface area contributed by atoms with Gasteiger partial charge in [0, 0.05) is 29.2 Å². The van der Waals surface area contributed by atoms with E-state index in [4.69, 9.17) is 0 Å². The minimum atomic E-state index is -0.400. The van der Waals surface area contributed by atoms with Gasteiger partial charge < -0.3 is 4.57 Å². The van der Waals surface area contributed by atoms with Gasteiger partial charge in [-0.3, -0.25) is 10.1 Å². The van der Waals surface area contributed by atoms with Gasteiger partial charge >= 0.3 is 0 Å². The van der Waals surface area contributed by atoms with Crippen LogP contribution in [-0.4, -0.2) is 19.8 Å². The summed E-state index contributed by atoms with van der Waals surface area (Å²) in [5.74, 6) is 0. The molecule has 7 heteroatoms. The maximum atomic E-state index is 10.7. The predicted molar refractivity (Wildman–Crippen MR) is 66.7 cm³/mol. The summed E-state index contributed by atoms with van der Waals surface area (Å²) < 4.78 is 6.60. The lowest BCUT2D eigenvalue weighted by Crippen LogP contribution is -2.00. The van der Waals surface area contributed by atoms with Crippen molar-refractivity contribution in [1.29, 1.82) is 0 Å². The SMILES string of the molecule is Cc1nonc1Cn1ccc2cc([N+](=O)[O-])ccc21. The number of benzene rings is 1. The molecule has 2 aromatic heterocycles. The van der Waals surface area contributed by atoms with E-state index in [9.17, 15) is 10.1 Å². The zero-order valence-electron chi connectivity index (χ0n) is 10.1. The Morgan fingerprint density at radius 1 is 1.37 bits per heavy atom. The van der Waals surface area contributed by atoms with Gasteiger partial charge in [-0.15, -0.1) is 0 Å². The summed E-state index contributed by atoms with van der Waals surface area (Å²) in [5.41, 5.74) is 2.48. The van der Waals surface area contributed by atoms with Gasteiger partial charge in [-0.05, 0) is 19.1 Å². The van der Waals surface area contributed by atoms with Crippen LogP contribution in [-0.2, 0) is 6.54 Å². The van der Waals surface area contributed by atoms with Gasteiger partial charge in [0.1, 0.15) is 11.4 Å². The van der Waals surface area contributed by atoms with E-state index in [1.54, 1.807) is 12.1 Å². The molecule has 0 aliphatic carbocycles. The molecule has 0 spiro atoms. The topological polar surface area (TPSA) is 87.0 Å². The highest BCUT2D eigenvalue weighted by atomic mass is 16.6. The zero-order valence-corrected chi connectivity index (χ0v) is 10.1. The number of rotatable bonds is 3. The number of hydrogen-bond acceptors (Lipinski definition) is 5. The standard InChI is InChI=1S/C12H10N4O3/c1-8-11(14-19-13-8)7-15-5-4-9-6-10(16(17)18)2-3-12(9)15/h2-6H,7H2,1H3. The van der Waals surface area contributed by atoms with E-state index < -0.39 is 4.92 Å². The lowest BCUT2D eigenvalue weighted by atomic mass is 10.2. The van der Waals surface area contributed by atoms with Gasteiger partial charge in [0.05, 0.1) is 11.5 Å². The van der Waals surface area contributed by atoms with Gasteiger partial charge in [-0.1, -0.05) is 10.3 Å². The Morgan fingerprint density at radius 3 is 2.89 bits per heavy atom. The quantitative estimate of drug-likeness (QED) is 0.531. The summed E-state index contributed by atoms with van der Waals surface area (Å²) in [7, 11) is 0. The molecular formula is C12H10N4O3. The van der Waals surface area contributed by atoms with Crippen molar-refractivity contribution < 1.29 is 9.55 Å². The number of aromatic nitrogens is 3. The Hall–Kier alpha value is -2.70. The lowest BCUT2D eigenvalue weighted by Gasteiger charge is -2.02. The third-order valence-electron chi connectivity index (χ3n) is 3.03. The number of nitro groups is 1. The Morgan fingerprint density at radius 2 is 2.21 bits per heavy atom. The van der Waals surface area contributed by atoms with E-state index in [1.807, 2.05) is 23.8 Å². The summed E-state index contributed by atoms with van der Waals surface area (Å²) in [6.07, 6.45) is 1.86. The molecule has 0 aliphatic rings. The second-order valence-electron chi connectivity index (χ2n) is 4.24. The first-order valence-electron chi connectivity index (χ1n) is 5.66. The molecule has 0 atom stereocenters. The highest BCUT2D eigenvalue weighted by molar-refractivity contribution is 5.82. The fourth-order valence-electron chi connectivity index (χ4n) is 1.99. The summed E-state index contributed by atoms with van der Waals surface area (Å²) in [5, 5.41) is 19.1. The minimum Gasteiger partial charge on any atom is -0.341 e. The minimum absolute atomic E-state index is 0.0875. The van der Waals surface area contributed by atoms with Crippen LogP contribution in [0.2, 0.25) is 0 Å². The van der Waals surface area contributed by atoms with E-state index in [1.165, 1.54) is 6.07 Å². The van der Waals surface area contributed by atoms with E-state index in [2.05, 4.69) is 14.9 Å². The van der Waals surface area contributed by atoms with Gasteiger partial charge in [-0.25, -0.2) is 4.63 Å². The first kappa shape index (κ1) is 11.4. The molecule has 0 aliphatic heterocycles. The fraction of sp³-hybridized carbons (Fsp3) is 0.167. The normalized spacial score (nSPS) is 11.0. The van der Waals surface area contributed by atoms with Crippen LogP contribution >= 0.6 is 0 Å². The average Bonchev–Trinajstić information content (AvgIpc) is 2.97. The second kappa shape index (κ2) is 4.20. The van der Waals surface area contributed by atoms with Crippen LogP contribution < -0.4 is 0 Å². The van der Waals surface area contributed by atoms with Gasteiger partial charge in [0.25, 0.3) is 5.69 Å². The first-order chi connectivity index (χ1) is 9.15. The molecule has 0 unspecified atom stereocenters. The van der Waals surface area contributed by atoms with Crippen molar-refractivity contribution in [3.05, 3.63) is 52.0 Å². The smallest absolute Gasteiger partial charge is 0.270 e. The number of hydrogen-bond donors (Lipinski definition) is 0. The number of non-ortho nitro benzene ring substituents is 1. The second-order valence-corrected chi connectivity index (χ2v) is 4.24. The maximum absolute atomic E-state index is 10.7. The predicted octanol–water partition coefficient (Wildman–Crippen LogP) is 2.29. The molecule has 0 bridgehead atoms. The average molecular weight is 258 g/mol. The van der Waals surface area contributed by atoms with Crippen molar-refractivity contribution >= 4 is 16.6 Å². The van der Waals surface area contributed by atoms with Gasteiger partial charge in [0.2, 0.25) is 0 Å². The van der Waals surface area contributed by atoms with Crippen LogP contribution in [0.1, 0.15) is 11.4 Å². The van der Waals surface area contributed by atoms with Crippen molar-refractivity contribution in [2.45, 2.75) is 13.5 Å². The number of nitrogens with zero attached hydrogens (tertiary/aromatic N) is 4. The molecule has 3 aromatic rings. The highest BCUT2D eigenvalue weighted by Gasteiger charge is 2.11. The molecule has 0 N–H and O–H groups in total. The molecule has 0 saturated carbocycles. The number of fused-ring (bicyclic) bond motifs is 1.